The largest absolute Gasteiger partial charge is 0.491 e. The van der Waals surface area contributed by atoms with Crippen molar-refractivity contribution in [3.05, 3.63) is 30.3 Å². The van der Waals surface area contributed by atoms with Crippen molar-refractivity contribution in [1.82, 2.24) is 0 Å². The predicted molar refractivity (Wildman–Crippen MR) is 87.1 cm³/mol. The standard InChI is InChI=1S/C17H28O6/c1-18-7-8-19-9-10-20-11-12-21-13-14-22-15-16-23-17-5-3-2-4-6-17/h2-6H,7-16H2,1H3. The molecule has 0 N–H and O–H groups in total. The maximum Gasteiger partial charge on any atom is 0.119 e. The molecule has 0 amide bonds. The van der Waals surface area contributed by atoms with E-state index >= 15 is 0 Å². The van der Waals surface area contributed by atoms with Gasteiger partial charge in [-0.3, -0.25) is 0 Å². The zero-order chi connectivity index (χ0) is 16.4. The molecule has 0 aliphatic carbocycles. The lowest BCUT2D eigenvalue weighted by Crippen LogP contribution is -2.14. The molecule has 0 fully saturated rings. The second kappa shape index (κ2) is 15.7. The molecule has 0 spiro atoms. The Balaban J connectivity index is 1.72. The average Bonchev–Trinajstić information content (AvgIpc) is 2.59. The van der Waals surface area contributed by atoms with Gasteiger partial charge in [-0.1, -0.05) is 18.2 Å². The molecule has 0 aromatic heterocycles. The molecule has 23 heavy (non-hydrogen) atoms. The van der Waals surface area contributed by atoms with Gasteiger partial charge < -0.3 is 28.4 Å². The van der Waals surface area contributed by atoms with Crippen LogP contribution in [0.3, 0.4) is 0 Å². The second-order valence-electron chi connectivity index (χ2n) is 4.60. The summed E-state index contributed by atoms with van der Waals surface area (Å²) in [4.78, 5) is 0. The van der Waals surface area contributed by atoms with Crippen LogP contribution in [-0.4, -0.2) is 73.2 Å². The van der Waals surface area contributed by atoms with Crippen LogP contribution in [0, 0.1) is 0 Å². The van der Waals surface area contributed by atoms with Gasteiger partial charge in [0.15, 0.2) is 0 Å². The first-order valence-corrected chi connectivity index (χ1v) is 7.91. The van der Waals surface area contributed by atoms with Gasteiger partial charge in [0.05, 0.1) is 59.5 Å². The van der Waals surface area contributed by atoms with Gasteiger partial charge in [-0.2, -0.15) is 0 Å². The summed E-state index contributed by atoms with van der Waals surface area (Å²) in [6.07, 6.45) is 0. The summed E-state index contributed by atoms with van der Waals surface area (Å²) in [5.41, 5.74) is 0. The Morgan fingerprint density at radius 1 is 0.565 bits per heavy atom. The fourth-order valence-electron chi connectivity index (χ4n) is 1.64. The number of hydrogen-bond donors (Lipinski definition) is 0. The molecule has 0 aliphatic heterocycles. The lowest BCUT2D eigenvalue weighted by molar-refractivity contribution is -0.00978. The Labute approximate surface area is 138 Å². The number of rotatable bonds is 16. The zero-order valence-corrected chi connectivity index (χ0v) is 13.9. The average molecular weight is 328 g/mol. The van der Waals surface area contributed by atoms with Gasteiger partial charge in [0.1, 0.15) is 12.4 Å². The number of ether oxygens (including phenoxy) is 6. The molecule has 1 aromatic rings. The third-order valence-electron chi connectivity index (χ3n) is 2.79. The normalized spacial score (nSPS) is 10.8. The Morgan fingerprint density at radius 3 is 1.48 bits per heavy atom. The van der Waals surface area contributed by atoms with Crippen LogP contribution in [0.2, 0.25) is 0 Å². The molecule has 0 heterocycles. The smallest absolute Gasteiger partial charge is 0.119 e. The van der Waals surface area contributed by atoms with Gasteiger partial charge in [0.25, 0.3) is 0 Å². The quantitative estimate of drug-likeness (QED) is 0.431. The summed E-state index contributed by atoms with van der Waals surface area (Å²) in [7, 11) is 1.65. The summed E-state index contributed by atoms with van der Waals surface area (Å²) >= 11 is 0. The van der Waals surface area contributed by atoms with Gasteiger partial charge in [-0.25, -0.2) is 0 Å². The van der Waals surface area contributed by atoms with Gasteiger partial charge in [-0.15, -0.1) is 0 Å². The Kier molecular flexibility index (Phi) is 13.6. The van der Waals surface area contributed by atoms with Crippen LogP contribution in [0.25, 0.3) is 0 Å². The van der Waals surface area contributed by atoms with Crippen molar-refractivity contribution in [2.75, 3.05) is 73.2 Å². The summed E-state index contributed by atoms with van der Waals surface area (Å²) in [6.45, 7) is 5.67. The van der Waals surface area contributed by atoms with Gasteiger partial charge in [0.2, 0.25) is 0 Å². The number of hydrogen-bond acceptors (Lipinski definition) is 6. The summed E-state index contributed by atoms with van der Waals surface area (Å²) in [6, 6.07) is 9.69. The van der Waals surface area contributed by atoms with Crippen LogP contribution in [0.1, 0.15) is 0 Å². The molecule has 1 aromatic carbocycles. The van der Waals surface area contributed by atoms with E-state index in [1.165, 1.54) is 0 Å². The fourth-order valence-corrected chi connectivity index (χ4v) is 1.64. The zero-order valence-electron chi connectivity index (χ0n) is 13.9. The van der Waals surface area contributed by atoms with Crippen LogP contribution in [0.15, 0.2) is 30.3 Å². The van der Waals surface area contributed by atoms with E-state index in [0.717, 1.165) is 5.75 Å². The minimum Gasteiger partial charge on any atom is -0.491 e. The topological polar surface area (TPSA) is 55.4 Å². The van der Waals surface area contributed by atoms with Crippen LogP contribution < -0.4 is 4.74 Å². The van der Waals surface area contributed by atoms with Crippen molar-refractivity contribution >= 4 is 0 Å². The predicted octanol–water partition coefficient (Wildman–Crippen LogP) is 1.78. The van der Waals surface area contributed by atoms with Crippen molar-refractivity contribution in [1.29, 1.82) is 0 Å². The Morgan fingerprint density at radius 2 is 1.00 bits per heavy atom. The van der Waals surface area contributed by atoms with Gasteiger partial charge in [-0.05, 0) is 12.1 Å². The molecule has 0 aliphatic rings. The van der Waals surface area contributed by atoms with Gasteiger partial charge >= 0.3 is 0 Å². The SMILES string of the molecule is COCCOCCOCCOCCOCCOc1ccccc1. The third-order valence-corrected chi connectivity index (χ3v) is 2.79. The molecule has 0 atom stereocenters. The highest BCUT2D eigenvalue weighted by Gasteiger charge is 1.94. The molecule has 6 nitrogen and oxygen atoms in total. The highest BCUT2D eigenvalue weighted by molar-refractivity contribution is 5.20. The van der Waals surface area contributed by atoms with Crippen molar-refractivity contribution in [3.8, 4) is 5.75 Å². The van der Waals surface area contributed by atoms with Crippen LogP contribution in [0.5, 0.6) is 5.75 Å². The van der Waals surface area contributed by atoms with E-state index in [9.17, 15) is 0 Å². The van der Waals surface area contributed by atoms with E-state index in [4.69, 9.17) is 28.4 Å². The molecule has 0 saturated carbocycles. The minimum atomic E-state index is 0.538. The second-order valence-corrected chi connectivity index (χ2v) is 4.60. The lowest BCUT2D eigenvalue weighted by atomic mass is 10.3. The van der Waals surface area contributed by atoms with E-state index in [-0.39, 0.29) is 0 Å². The Hall–Kier alpha value is -1.18. The van der Waals surface area contributed by atoms with E-state index < -0.39 is 0 Å². The monoisotopic (exact) mass is 328 g/mol. The van der Waals surface area contributed by atoms with Crippen molar-refractivity contribution in [2.45, 2.75) is 0 Å². The first-order chi connectivity index (χ1) is 11.4. The fraction of sp³-hybridized carbons (Fsp3) is 0.647. The van der Waals surface area contributed by atoms with Crippen LogP contribution in [0.4, 0.5) is 0 Å². The summed E-state index contributed by atoms with van der Waals surface area (Å²) in [5.74, 6) is 0.857. The number of para-hydroxylation sites is 1. The lowest BCUT2D eigenvalue weighted by Gasteiger charge is -2.08. The van der Waals surface area contributed by atoms with Crippen molar-refractivity contribution in [3.63, 3.8) is 0 Å². The molecule has 0 unspecified atom stereocenters. The van der Waals surface area contributed by atoms with Crippen LogP contribution >= 0.6 is 0 Å². The minimum absolute atomic E-state index is 0.538. The molecule has 6 heteroatoms. The first-order valence-electron chi connectivity index (χ1n) is 7.91. The van der Waals surface area contributed by atoms with Crippen molar-refractivity contribution < 1.29 is 28.4 Å². The first kappa shape index (κ1) is 19.9. The maximum absolute atomic E-state index is 5.51. The highest BCUT2D eigenvalue weighted by Crippen LogP contribution is 2.07. The number of methoxy groups -OCH3 is 1. The van der Waals surface area contributed by atoms with E-state index in [0.29, 0.717) is 66.1 Å². The molecule has 1 rings (SSSR count). The summed E-state index contributed by atoms with van der Waals surface area (Å²) in [5, 5.41) is 0. The van der Waals surface area contributed by atoms with E-state index in [1.54, 1.807) is 7.11 Å². The molecule has 0 bridgehead atoms. The molecular formula is C17H28O6. The van der Waals surface area contributed by atoms with Gasteiger partial charge in [0, 0.05) is 7.11 Å². The van der Waals surface area contributed by atoms with Crippen molar-refractivity contribution in [2.24, 2.45) is 0 Å². The molecule has 0 saturated heterocycles. The third kappa shape index (κ3) is 13.0. The van der Waals surface area contributed by atoms with E-state index in [1.807, 2.05) is 30.3 Å². The molecular weight excluding hydrogens is 300 g/mol. The molecule has 132 valence electrons. The number of benzene rings is 1. The van der Waals surface area contributed by atoms with E-state index in [2.05, 4.69) is 0 Å². The molecule has 0 radical (unpaired) electrons. The maximum atomic E-state index is 5.51. The Bertz CT molecular complexity index is 346. The highest BCUT2D eigenvalue weighted by atomic mass is 16.6. The summed E-state index contributed by atoms with van der Waals surface area (Å²) < 4.78 is 31.8. The van der Waals surface area contributed by atoms with Crippen LogP contribution in [-0.2, 0) is 23.7 Å².